The highest BCUT2D eigenvalue weighted by Crippen LogP contribution is 2.34. The van der Waals surface area contributed by atoms with Gasteiger partial charge < -0.3 is 24.5 Å². The molecule has 25 heavy (non-hydrogen) atoms. The highest BCUT2D eigenvalue weighted by Gasteiger charge is 2.14. The van der Waals surface area contributed by atoms with Crippen molar-refractivity contribution in [1.29, 1.82) is 0 Å². The summed E-state index contributed by atoms with van der Waals surface area (Å²) in [7, 11) is 0. The number of anilines is 1. The van der Waals surface area contributed by atoms with Crippen LogP contribution in [0.4, 0.5) is 10.5 Å². The molecule has 0 aliphatic carbocycles. The van der Waals surface area contributed by atoms with Gasteiger partial charge in [-0.3, -0.25) is 4.98 Å². The van der Waals surface area contributed by atoms with Gasteiger partial charge in [0.15, 0.2) is 11.5 Å². The Morgan fingerprint density at radius 3 is 2.92 bits per heavy atom. The molecule has 0 unspecified atom stereocenters. The Morgan fingerprint density at radius 1 is 1.12 bits per heavy atom. The molecule has 7 heteroatoms. The molecule has 0 fully saturated rings. The maximum Gasteiger partial charge on any atom is 0.319 e. The van der Waals surface area contributed by atoms with Gasteiger partial charge in [0.05, 0.1) is 6.26 Å². The minimum Gasteiger partial charge on any atom is -0.464 e. The number of urea groups is 1. The van der Waals surface area contributed by atoms with Crippen LogP contribution >= 0.6 is 0 Å². The normalized spacial score (nSPS) is 12.0. The number of nitrogens with one attached hydrogen (secondary N) is 2. The topological polar surface area (TPSA) is 85.6 Å². The summed E-state index contributed by atoms with van der Waals surface area (Å²) in [5, 5.41) is 5.55. The summed E-state index contributed by atoms with van der Waals surface area (Å²) in [6.07, 6.45) is 5.03. The molecule has 0 bridgehead atoms. The molecule has 0 spiro atoms. The Bertz CT molecular complexity index is 893. The van der Waals surface area contributed by atoms with E-state index in [1.807, 2.05) is 18.2 Å². The van der Waals surface area contributed by atoms with Gasteiger partial charge in [-0.2, -0.15) is 0 Å². The zero-order valence-corrected chi connectivity index (χ0v) is 13.2. The molecule has 1 aliphatic heterocycles. The monoisotopic (exact) mass is 337 g/mol. The molecular formula is C18H15N3O4. The van der Waals surface area contributed by atoms with Crippen molar-refractivity contribution in [2.75, 3.05) is 12.1 Å². The van der Waals surface area contributed by atoms with Crippen LogP contribution in [0.5, 0.6) is 11.5 Å². The van der Waals surface area contributed by atoms with Gasteiger partial charge in [0.1, 0.15) is 5.76 Å². The number of pyridine rings is 1. The summed E-state index contributed by atoms with van der Waals surface area (Å²) in [5.41, 5.74) is 2.36. The average Bonchev–Trinajstić information content (AvgIpc) is 3.31. The van der Waals surface area contributed by atoms with Crippen LogP contribution in [0.1, 0.15) is 5.56 Å². The summed E-state index contributed by atoms with van der Waals surface area (Å²) >= 11 is 0. The van der Waals surface area contributed by atoms with Gasteiger partial charge >= 0.3 is 6.03 Å². The quantitative estimate of drug-likeness (QED) is 0.762. The molecule has 0 saturated heterocycles. The Hall–Kier alpha value is -3.48. The fraction of sp³-hybridized carbons (Fsp3) is 0.111. The van der Waals surface area contributed by atoms with Crippen molar-refractivity contribution in [1.82, 2.24) is 10.3 Å². The van der Waals surface area contributed by atoms with E-state index in [1.165, 1.54) is 0 Å². The number of benzene rings is 1. The zero-order chi connectivity index (χ0) is 17.1. The lowest BCUT2D eigenvalue weighted by atomic mass is 10.1. The standard InChI is InChI=1S/C18H15N3O4/c22-18(21-14-3-4-16-17(7-14)25-11-24-16)20-9-12-6-13(10-19-8-12)15-2-1-5-23-15/h1-8,10H,9,11H2,(H2,20,21,22). The lowest BCUT2D eigenvalue weighted by Gasteiger charge is -2.09. The highest BCUT2D eigenvalue weighted by atomic mass is 16.7. The Balaban J connectivity index is 1.37. The average molecular weight is 337 g/mol. The highest BCUT2D eigenvalue weighted by molar-refractivity contribution is 5.89. The summed E-state index contributed by atoms with van der Waals surface area (Å²) in [4.78, 5) is 16.2. The minimum atomic E-state index is -0.317. The van der Waals surface area contributed by atoms with Gasteiger partial charge in [0.2, 0.25) is 6.79 Å². The van der Waals surface area contributed by atoms with E-state index < -0.39 is 0 Å². The van der Waals surface area contributed by atoms with E-state index in [2.05, 4.69) is 15.6 Å². The first-order valence-electron chi connectivity index (χ1n) is 7.70. The summed E-state index contributed by atoms with van der Waals surface area (Å²) in [6, 6.07) is 10.5. The molecule has 1 aromatic carbocycles. The minimum absolute atomic E-state index is 0.198. The molecule has 0 saturated carbocycles. The second-order valence-corrected chi connectivity index (χ2v) is 5.43. The van der Waals surface area contributed by atoms with Gasteiger partial charge in [0.25, 0.3) is 0 Å². The molecule has 2 N–H and O–H groups in total. The van der Waals surface area contributed by atoms with Crippen molar-refractivity contribution >= 4 is 11.7 Å². The molecule has 2 aromatic heterocycles. The maximum atomic E-state index is 12.1. The number of ether oxygens (including phenoxy) is 2. The van der Waals surface area contributed by atoms with E-state index in [0.29, 0.717) is 23.7 Å². The number of hydrogen-bond donors (Lipinski definition) is 2. The van der Waals surface area contributed by atoms with Crippen LogP contribution in [-0.4, -0.2) is 17.8 Å². The third-order valence-electron chi connectivity index (χ3n) is 3.68. The molecule has 3 heterocycles. The fourth-order valence-corrected chi connectivity index (χ4v) is 2.49. The van der Waals surface area contributed by atoms with Crippen LogP contribution in [0.15, 0.2) is 59.5 Å². The predicted molar refractivity (Wildman–Crippen MR) is 90.4 cm³/mol. The number of furan rings is 1. The maximum absolute atomic E-state index is 12.1. The van der Waals surface area contributed by atoms with Crippen molar-refractivity contribution in [3.63, 3.8) is 0 Å². The van der Waals surface area contributed by atoms with Crippen LogP contribution in [0.25, 0.3) is 11.3 Å². The van der Waals surface area contributed by atoms with Crippen LogP contribution in [-0.2, 0) is 6.54 Å². The van der Waals surface area contributed by atoms with Gasteiger partial charge in [-0.1, -0.05) is 0 Å². The molecule has 7 nitrogen and oxygen atoms in total. The molecule has 2 amide bonds. The molecule has 1 aliphatic rings. The number of fused-ring (bicyclic) bond motifs is 1. The largest absolute Gasteiger partial charge is 0.464 e. The smallest absolute Gasteiger partial charge is 0.319 e. The second kappa shape index (κ2) is 6.56. The number of hydrogen-bond acceptors (Lipinski definition) is 5. The van der Waals surface area contributed by atoms with Crippen molar-refractivity contribution < 1.29 is 18.7 Å². The lowest BCUT2D eigenvalue weighted by Crippen LogP contribution is -2.28. The van der Waals surface area contributed by atoms with E-state index in [0.717, 1.165) is 16.9 Å². The molecule has 3 aromatic rings. The van der Waals surface area contributed by atoms with Gasteiger partial charge in [0, 0.05) is 36.3 Å². The van der Waals surface area contributed by atoms with Crippen molar-refractivity contribution in [2.45, 2.75) is 6.54 Å². The lowest BCUT2D eigenvalue weighted by molar-refractivity contribution is 0.174. The van der Waals surface area contributed by atoms with Crippen molar-refractivity contribution in [2.24, 2.45) is 0 Å². The van der Waals surface area contributed by atoms with E-state index in [9.17, 15) is 4.79 Å². The number of carbonyl (C=O) groups excluding carboxylic acids is 1. The van der Waals surface area contributed by atoms with Crippen LogP contribution in [0.2, 0.25) is 0 Å². The second-order valence-electron chi connectivity index (χ2n) is 5.43. The summed E-state index contributed by atoms with van der Waals surface area (Å²) in [5.74, 6) is 2.03. The number of aromatic nitrogens is 1. The first-order valence-corrected chi connectivity index (χ1v) is 7.70. The molecular weight excluding hydrogens is 322 g/mol. The zero-order valence-electron chi connectivity index (χ0n) is 13.2. The molecule has 4 rings (SSSR count). The fourth-order valence-electron chi connectivity index (χ4n) is 2.49. The van der Waals surface area contributed by atoms with E-state index in [1.54, 1.807) is 36.9 Å². The molecule has 0 atom stereocenters. The van der Waals surface area contributed by atoms with E-state index in [-0.39, 0.29) is 12.8 Å². The van der Waals surface area contributed by atoms with Gasteiger partial charge in [-0.05, 0) is 35.9 Å². The van der Waals surface area contributed by atoms with Gasteiger partial charge in [-0.15, -0.1) is 0 Å². The Morgan fingerprint density at radius 2 is 2.04 bits per heavy atom. The summed E-state index contributed by atoms with van der Waals surface area (Å²) in [6.45, 7) is 0.544. The first kappa shape index (κ1) is 15.1. The van der Waals surface area contributed by atoms with Crippen molar-refractivity contribution in [3.8, 4) is 22.8 Å². The first-order chi connectivity index (χ1) is 12.3. The molecule has 0 radical (unpaired) electrons. The predicted octanol–water partition coefficient (Wildman–Crippen LogP) is 3.39. The molecule has 126 valence electrons. The van der Waals surface area contributed by atoms with Crippen molar-refractivity contribution in [3.05, 3.63) is 60.6 Å². The van der Waals surface area contributed by atoms with Gasteiger partial charge in [-0.25, -0.2) is 4.79 Å². The Labute approximate surface area is 143 Å². The Kier molecular flexibility index (Phi) is 3.96. The number of amides is 2. The third-order valence-corrected chi connectivity index (χ3v) is 3.68. The van der Waals surface area contributed by atoms with Crippen LogP contribution in [0.3, 0.4) is 0 Å². The number of carbonyl (C=O) groups is 1. The van der Waals surface area contributed by atoms with Crippen LogP contribution in [0, 0.1) is 0 Å². The van der Waals surface area contributed by atoms with Crippen LogP contribution < -0.4 is 20.1 Å². The number of rotatable bonds is 4. The third kappa shape index (κ3) is 3.40. The van der Waals surface area contributed by atoms with E-state index in [4.69, 9.17) is 13.9 Å². The number of nitrogens with zero attached hydrogens (tertiary/aromatic N) is 1. The SMILES string of the molecule is O=C(NCc1cncc(-c2ccco2)c1)Nc1ccc2c(c1)OCO2. The van der Waals surface area contributed by atoms with E-state index >= 15 is 0 Å². The summed E-state index contributed by atoms with van der Waals surface area (Å²) < 4.78 is 15.9.